The fourth-order valence-corrected chi connectivity index (χ4v) is 7.94. The van der Waals surface area contributed by atoms with Crippen molar-refractivity contribution in [2.24, 2.45) is 11.1 Å². The van der Waals surface area contributed by atoms with Gasteiger partial charge in [0.2, 0.25) is 5.91 Å². The molecule has 272 valence electrons. The minimum Gasteiger partial charge on any atom is -0.364 e. The highest BCUT2D eigenvalue weighted by Crippen LogP contribution is 2.62. The molecule has 3 aliphatic rings. The highest BCUT2D eigenvalue weighted by atomic mass is 19.4. The number of piperidine rings is 1. The van der Waals surface area contributed by atoms with Gasteiger partial charge in [-0.3, -0.25) is 28.8 Å². The van der Waals surface area contributed by atoms with E-state index in [-0.39, 0.29) is 36.2 Å². The van der Waals surface area contributed by atoms with Crippen molar-refractivity contribution in [1.29, 1.82) is 0 Å². The van der Waals surface area contributed by atoms with Crippen LogP contribution in [0, 0.1) is 19.3 Å². The molecule has 3 atom stereocenters. The second-order valence-electron chi connectivity index (χ2n) is 14.4. The van der Waals surface area contributed by atoms with Crippen molar-refractivity contribution in [2.45, 2.75) is 109 Å². The number of halogens is 3. The smallest absolute Gasteiger partial charge is 0.364 e. The molecule has 7 rings (SSSR count). The Morgan fingerprint density at radius 2 is 1.71 bits per heavy atom. The first kappa shape index (κ1) is 35.3. The van der Waals surface area contributed by atoms with Crippen LogP contribution in [0.5, 0.6) is 0 Å². The van der Waals surface area contributed by atoms with E-state index < -0.39 is 40.9 Å². The lowest BCUT2D eigenvalue weighted by Crippen LogP contribution is -2.45. The topological polar surface area (TPSA) is 167 Å². The number of carbonyl (C=O) groups is 4. The van der Waals surface area contributed by atoms with Gasteiger partial charge in [-0.15, -0.1) is 0 Å². The molecule has 0 aromatic carbocycles. The van der Waals surface area contributed by atoms with Gasteiger partial charge in [-0.2, -0.15) is 18.3 Å². The third kappa shape index (κ3) is 6.80. The summed E-state index contributed by atoms with van der Waals surface area (Å²) in [5, 5.41) is 4.95. The highest BCUT2D eigenvalue weighted by molar-refractivity contribution is 6.05. The number of Topliss-reactive ketones (excluding diaryl/α,β-unsaturated/α-hetero) is 2. The molecule has 52 heavy (non-hydrogen) atoms. The Hall–Kier alpha value is -5.08. The lowest BCUT2D eigenvalue weighted by molar-refractivity contribution is -0.141. The summed E-state index contributed by atoms with van der Waals surface area (Å²) in [5.74, 6) is -0.932. The van der Waals surface area contributed by atoms with Crippen LogP contribution in [-0.2, 0) is 39.9 Å². The summed E-state index contributed by atoms with van der Waals surface area (Å²) in [6.07, 6.45) is 4.03. The van der Waals surface area contributed by atoms with Crippen molar-refractivity contribution in [1.82, 2.24) is 34.6 Å². The van der Waals surface area contributed by atoms with E-state index in [0.29, 0.717) is 77.8 Å². The highest BCUT2D eigenvalue weighted by Gasteiger charge is 2.66. The predicted octanol–water partition coefficient (Wildman–Crippen LogP) is 5.05. The largest absolute Gasteiger partial charge is 0.433 e. The Morgan fingerprint density at radius 3 is 2.42 bits per heavy atom. The maximum Gasteiger partial charge on any atom is 0.433 e. The molecule has 4 aromatic rings. The van der Waals surface area contributed by atoms with E-state index in [1.807, 2.05) is 0 Å². The molecule has 1 aliphatic carbocycles. The van der Waals surface area contributed by atoms with Gasteiger partial charge in [0.25, 0.3) is 5.91 Å². The second-order valence-corrected chi connectivity index (χ2v) is 14.4. The number of alkyl halides is 3. The average molecular weight is 717 g/mol. The number of hydrogen-bond donors (Lipinski definition) is 1. The third-order valence-electron chi connectivity index (χ3n) is 10.8. The molecule has 0 radical (unpaired) electrons. The van der Waals surface area contributed by atoms with Gasteiger partial charge in [-0.25, -0.2) is 15.0 Å². The maximum atomic E-state index is 14.4. The quantitative estimate of drug-likeness (QED) is 0.298. The number of hydrogen-bond acceptors (Lipinski definition) is 9. The minimum atomic E-state index is -4.68. The van der Waals surface area contributed by atoms with Crippen LogP contribution in [0.4, 0.5) is 13.2 Å². The van der Waals surface area contributed by atoms with E-state index in [4.69, 9.17) is 10.7 Å². The molecule has 1 saturated carbocycles. The monoisotopic (exact) mass is 716 g/mol. The number of rotatable bonds is 5. The van der Waals surface area contributed by atoms with Crippen molar-refractivity contribution < 1.29 is 32.3 Å². The molecule has 2 amide bonds. The summed E-state index contributed by atoms with van der Waals surface area (Å²) < 4.78 is 42.0. The van der Waals surface area contributed by atoms with Crippen molar-refractivity contribution in [3.8, 4) is 11.3 Å². The lowest BCUT2D eigenvalue weighted by Gasteiger charge is -2.27. The van der Waals surface area contributed by atoms with Crippen LogP contribution in [0.15, 0.2) is 30.6 Å². The summed E-state index contributed by atoms with van der Waals surface area (Å²) in [6, 6.07) is 2.60. The van der Waals surface area contributed by atoms with Crippen molar-refractivity contribution in [2.75, 3.05) is 0 Å². The molecule has 2 N–H and O–H groups in total. The number of aryl methyl sites for hydroxylation is 3. The van der Waals surface area contributed by atoms with Gasteiger partial charge in [-0.1, -0.05) is 18.9 Å². The predicted molar refractivity (Wildman–Crippen MR) is 182 cm³/mol. The first-order chi connectivity index (χ1) is 24.7. The van der Waals surface area contributed by atoms with Gasteiger partial charge < -0.3 is 10.6 Å². The van der Waals surface area contributed by atoms with Crippen molar-refractivity contribution >= 4 is 34.3 Å². The van der Waals surface area contributed by atoms with E-state index in [0.717, 1.165) is 31.7 Å². The third-order valence-corrected chi connectivity index (χ3v) is 10.8. The summed E-state index contributed by atoms with van der Waals surface area (Å²) >= 11 is 0. The zero-order valence-corrected chi connectivity index (χ0v) is 29.0. The van der Waals surface area contributed by atoms with E-state index in [2.05, 4.69) is 20.1 Å². The molecule has 12 nitrogen and oxygen atoms in total. The van der Waals surface area contributed by atoms with Crippen LogP contribution < -0.4 is 5.73 Å². The van der Waals surface area contributed by atoms with Crippen LogP contribution in [0.1, 0.15) is 96.7 Å². The van der Waals surface area contributed by atoms with Gasteiger partial charge in [-0.05, 0) is 75.5 Å². The Kier molecular flexibility index (Phi) is 9.16. The standard InChI is InChI=1S/C37H39F3N8O4/c1-20-9-10-30(37(38,39)40)45-26(20)14-29(50)28-15-36-12-11-23(49)7-5-3-4-6-8-25-34-24(13-27(44-25)22-17-42-21(2)43-18-22)33(35(41)52)46-47(34)19-32(51)48(28)31(36)16-36/h9-10,13,17-18,28,31H,3-8,11-12,14-16,19H2,1-2H3,(H2,41,52)/t28-,31+,36-/m0/s1. The number of ketones is 2. The number of nitrogens with two attached hydrogens (primary N) is 1. The minimum absolute atomic E-state index is 0.00106. The average Bonchev–Trinajstić information content (AvgIpc) is 3.50. The van der Waals surface area contributed by atoms with Crippen molar-refractivity contribution in [3.05, 3.63) is 64.8 Å². The van der Waals surface area contributed by atoms with E-state index in [1.54, 1.807) is 32.3 Å². The molecule has 2 fully saturated rings. The first-order valence-corrected chi connectivity index (χ1v) is 17.6. The van der Waals surface area contributed by atoms with Gasteiger partial charge in [0.15, 0.2) is 11.5 Å². The Labute approximate surface area is 297 Å². The zero-order chi connectivity index (χ0) is 36.9. The van der Waals surface area contributed by atoms with Crippen LogP contribution >= 0.6 is 0 Å². The molecule has 4 aromatic heterocycles. The zero-order valence-electron chi connectivity index (χ0n) is 29.0. The van der Waals surface area contributed by atoms with Crippen LogP contribution in [0.2, 0.25) is 0 Å². The SMILES string of the molecule is Cc1ncc(-c2cc3c(C(N)=O)nn4c3c(n2)CCCCCCC(=O)CC[C@@]23C[C@@H](C(=O)Cc5nc(C(F)(F)F)ccc5C)N(C(=O)C4)[C@@H]2C3)cn1. The number of amides is 2. The van der Waals surface area contributed by atoms with Gasteiger partial charge in [0.1, 0.15) is 23.8 Å². The second kappa shape index (κ2) is 13.5. The lowest BCUT2D eigenvalue weighted by atomic mass is 9.90. The number of pyridine rings is 2. The molecule has 2 bridgehead atoms. The van der Waals surface area contributed by atoms with Gasteiger partial charge in [0.05, 0.1) is 35.1 Å². The van der Waals surface area contributed by atoms with E-state index in [1.165, 1.54) is 15.6 Å². The number of carbonyl (C=O) groups excluding carboxylic acids is 4. The summed E-state index contributed by atoms with van der Waals surface area (Å²) in [6.45, 7) is 3.02. The molecule has 6 heterocycles. The van der Waals surface area contributed by atoms with E-state index >= 15 is 0 Å². The van der Waals surface area contributed by atoms with Crippen molar-refractivity contribution in [3.63, 3.8) is 0 Å². The molecule has 1 saturated heterocycles. The maximum absolute atomic E-state index is 14.4. The number of primary amides is 1. The molecular formula is C37H39F3N8O4. The fraction of sp³-hybridized carbons (Fsp3) is 0.486. The molecular weight excluding hydrogens is 677 g/mol. The Morgan fingerprint density at radius 1 is 0.981 bits per heavy atom. The van der Waals surface area contributed by atoms with E-state index in [9.17, 15) is 32.3 Å². The Balaban J connectivity index is 1.28. The molecule has 0 spiro atoms. The number of nitrogens with zero attached hydrogens (tertiary/aromatic N) is 7. The summed E-state index contributed by atoms with van der Waals surface area (Å²) in [5.41, 5.74) is 6.90. The van der Waals surface area contributed by atoms with Gasteiger partial charge in [0, 0.05) is 42.2 Å². The van der Waals surface area contributed by atoms with Crippen LogP contribution in [0.3, 0.4) is 0 Å². The van der Waals surface area contributed by atoms with Crippen LogP contribution in [0.25, 0.3) is 22.2 Å². The molecule has 2 aliphatic heterocycles. The summed E-state index contributed by atoms with van der Waals surface area (Å²) in [4.78, 5) is 73.0. The summed E-state index contributed by atoms with van der Waals surface area (Å²) in [7, 11) is 0. The fourth-order valence-electron chi connectivity index (χ4n) is 7.94. The molecule has 15 heteroatoms. The van der Waals surface area contributed by atoms with Gasteiger partial charge >= 0.3 is 6.18 Å². The number of aromatic nitrogens is 6. The molecule has 0 unspecified atom stereocenters. The Bertz CT molecular complexity index is 2100. The normalized spacial score (nSPS) is 22.7. The first-order valence-electron chi connectivity index (χ1n) is 17.6. The van der Waals surface area contributed by atoms with Crippen LogP contribution in [-0.4, -0.2) is 70.1 Å².